The maximum Gasteiger partial charge on any atom is 0.119 e. The van der Waals surface area contributed by atoms with Crippen molar-refractivity contribution in [1.82, 2.24) is 10.2 Å². The fourth-order valence-corrected chi connectivity index (χ4v) is 2.47. The Kier molecular flexibility index (Phi) is 5.02. The first-order chi connectivity index (χ1) is 8.79. The third-order valence-corrected chi connectivity index (χ3v) is 3.67. The van der Waals surface area contributed by atoms with Crippen LogP contribution in [0.1, 0.15) is 31.4 Å². The summed E-state index contributed by atoms with van der Waals surface area (Å²) < 4.78 is 5.25. The fraction of sp³-hybridized carbons (Fsp3) is 0.600. The molecule has 1 aromatic rings. The molecule has 1 heterocycles. The molecule has 1 fully saturated rings. The first-order valence-electron chi connectivity index (χ1n) is 6.89. The number of rotatable bonds is 6. The zero-order chi connectivity index (χ0) is 12.8. The third-order valence-electron chi connectivity index (χ3n) is 3.67. The van der Waals surface area contributed by atoms with E-state index >= 15 is 0 Å². The molecular formula is C15H24N2O. The van der Waals surface area contributed by atoms with E-state index in [1.165, 1.54) is 31.5 Å². The number of nitrogens with one attached hydrogen (secondary N) is 1. The molecule has 2 rings (SSSR count). The smallest absolute Gasteiger partial charge is 0.119 e. The molecule has 0 radical (unpaired) electrons. The highest BCUT2D eigenvalue weighted by Crippen LogP contribution is 2.18. The van der Waals surface area contributed by atoms with Gasteiger partial charge in [-0.15, -0.1) is 0 Å². The number of ether oxygens (including phenoxy) is 1. The Morgan fingerprint density at radius 2 is 2.11 bits per heavy atom. The molecular weight excluding hydrogens is 224 g/mol. The molecule has 0 saturated carbocycles. The SMILES string of the molecule is COc1cccc(C(C)NCCN2CCCC2)c1. The van der Waals surface area contributed by atoms with Crippen LogP contribution < -0.4 is 10.1 Å². The van der Waals surface area contributed by atoms with Crippen LogP contribution in [0.3, 0.4) is 0 Å². The van der Waals surface area contributed by atoms with E-state index in [0.29, 0.717) is 6.04 Å². The van der Waals surface area contributed by atoms with Gasteiger partial charge in [-0.1, -0.05) is 12.1 Å². The Labute approximate surface area is 110 Å². The van der Waals surface area contributed by atoms with Crippen LogP contribution in [0, 0.1) is 0 Å². The molecule has 0 amide bonds. The Balaban J connectivity index is 1.77. The van der Waals surface area contributed by atoms with E-state index in [1.54, 1.807) is 7.11 Å². The Morgan fingerprint density at radius 3 is 2.83 bits per heavy atom. The summed E-state index contributed by atoms with van der Waals surface area (Å²) in [7, 11) is 1.71. The van der Waals surface area contributed by atoms with Crippen molar-refractivity contribution in [1.29, 1.82) is 0 Å². The summed E-state index contributed by atoms with van der Waals surface area (Å²) in [5, 5.41) is 3.58. The number of hydrogen-bond acceptors (Lipinski definition) is 3. The first kappa shape index (κ1) is 13.4. The van der Waals surface area contributed by atoms with E-state index in [0.717, 1.165) is 18.8 Å². The molecule has 1 aliphatic heterocycles. The Bertz CT molecular complexity index is 361. The third kappa shape index (κ3) is 3.72. The molecule has 1 N–H and O–H groups in total. The van der Waals surface area contributed by atoms with Gasteiger partial charge in [0.1, 0.15) is 5.75 Å². The summed E-state index contributed by atoms with van der Waals surface area (Å²) in [4.78, 5) is 2.53. The lowest BCUT2D eigenvalue weighted by molar-refractivity contribution is 0.329. The van der Waals surface area contributed by atoms with Crippen molar-refractivity contribution in [3.05, 3.63) is 29.8 Å². The summed E-state index contributed by atoms with van der Waals surface area (Å²) in [5.41, 5.74) is 1.29. The molecule has 1 saturated heterocycles. The van der Waals surface area contributed by atoms with Crippen LogP contribution in [0.4, 0.5) is 0 Å². The number of likely N-dealkylation sites (tertiary alicyclic amines) is 1. The summed E-state index contributed by atoms with van der Waals surface area (Å²) >= 11 is 0. The molecule has 3 nitrogen and oxygen atoms in total. The molecule has 1 aliphatic rings. The van der Waals surface area contributed by atoms with Gasteiger partial charge in [-0.25, -0.2) is 0 Å². The predicted molar refractivity (Wildman–Crippen MR) is 75.1 cm³/mol. The van der Waals surface area contributed by atoms with E-state index in [4.69, 9.17) is 4.74 Å². The van der Waals surface area contributed by atoms with Crippen LogP contribution in [0.25, 0.3) is 0 Å². The van der Waals surface area contributed by atoms with Crippen molar-refractivity contribution in [3.8, 4) is 5.75 Å². The van der Waals surface area contributed by atoms with Gasteiger partial charge >= 0.3 is 0 Å². The number of hydrogen-bond donors (Lipinski definition) is 1. The minimum Gasteiger partial charge on any atom is -0.497 e. The highest BCUT2D eigenvalue weighted by molar-refractivity contribution is 5.30. The van der Waals surface area contributed by atoms with Crippen molar-refractivity contribution >= 4 is 0 Å². The Hall–Kier alpha value is -1.06. The van der Waals surface area contributed by atoms with E-state index in [-0.39, 0.29) is 0 Å². The molecule has 0 aliphatic carbocycles. The summed E-state index contributed by atoms with van der Waals surface area (Å²) in [6, 6.07) is 8.67. The fourth-order valence-electron chi connectivity index (χ4n) is 2.47. The average Bonchev–Trinajstić information content (AvgIpc) is 2.92. The summed E-state index contributed by atoms with van der Waals surface area (Å²) in [6.45, 7) is 6.97. The van der Waals surface area contributed by atoms with Gasteiger partial charge in [0, 0.05) is 19.1 Å². The molecule has 3 heteroatoms. The van der Waals surface area contributed by atoms with Gasteiger partial charge in [-0.3, -0.25) is 0 Å². The zero-order valence-corrected chi connectivity index (χ0v) is 11.5. The van der Waals surface area contributed by atoms with Gasteiger partial charge in [-0.2, -0.15) is 0 Å². The topological polar surface area (TPSA) is 24.5 Å². The number of methoxy groups -OCH3 is 1. The van der Waals surface area contributed by atoms with Crippen LogP contribution in [-0.2, 0) is 0 Å². The minimum absolute atomic E-state index is 0.378. The lowest BCUT2D eigenvalue weighted by atomic mass is 10.1. The van der Waals surface area contributed by atoms with Gasteiger partial charge in [0.25, 0.3) is 0 Å². The molecule has 0 bridgehead atoms. The highest BCUT2D eigenvalue weighted by Gasteiger charge is 2.11. The number of benzene rings is 1. The van der Waals surface area contributed by atoms with Crippen LogP contribution in [0.2, 0.25) is 0 Å². The van der Waals surface area contributed by atoms with E-state index in [9.17, 15) is 0 Å². The van der Waals surface area contributed by atoms with Crippen LogP contribution >= 0.6 is 0 Å². The normalized spacial score (nSPS) is 17.9. The second-order valence-corrected chi connectivity index (χ2v) is 5.00. The van der Waals surface area contributed by atoms with Crippen LogP contribution in [0.15, 0.2) is 24.3 Å². The van der Waals surface area contributed by atoms with Crippen molar-refractivity contribution in [2.75, 3.05) is 33.3 Å². The number of nitrogens with zero attached hydrogens (tertiary/aromatic N) is 1. The van der Waals surface area contributed by atoms with Crippen molar-refractivity contribution < 1.29 is 4.74 Å². The molecule has 1 unspecified atom stereocenters. The van der Waals surface area contributed by atoms with Crippen molar-refractivity contribution in [2.24, 2.45) is 0 Å². The van der Waals surface area contributed by atoms with Crippen LogP contribution in [0.5, 0.6) is 5.75 Å². The molecule has 0 spiro atoms. The molecule has 18 heavy (non-hydrogen) atoms. The van der Waals surface area contributed by atoms with Gasteiger partial charge in [0.2, 0.25) is 0 Å². The van der Waals surface area contributed by atoms with E-state index in [2.05, 4.69) is 29.3 Å². The lowest BCUT2D eigenvalue weighted by Crippen LogP contribution is -2.31. The average molecular weight is 248 g/mol. The minimum atomic E-state index is 0.378. The predicted octanol–water partition coefficient (Wildman–Crippen LogP) is 2.44. The largest absolute Gasteiger partial charge is 0.497 e. The first-order valence-corrected chi connectivity index (χ1v) is 6.89. The maximum absolute atomic E-state index is 5.25. The van der Waals surface area contributed by atoms with Gasteiger partial charge < -0.3 is 15.0 Å². The molecule has 100 valence electrons. The highest BCUT2D eigenvalue weighted by atomic mass is 16.5. The quantitative estimate of drug-likeness (QED) is 0.837. The van der Waals surface area contributed by atoms with E-state index < -0.39 is 0 Å². The summed E-state index contributed by atoms with van der Waals surface area (Å²) in [6.07, 6.45) is 2.73. The second kappa shape index (κ2) is 6.76. The van der Waals surface area contributed by atoms with Gasteiger partial charge in [0.15, 0.2) is 0 Å². The lowest BCUT2D eigenvalue weighted by Gasteiger charge is -2.19. The second-order valence-electron chi connectivity index (χ2n) is 5.00. The molecule has 1 aromatic carbocycles. The summed E-state index contributed by atoms with van der Waals surface area (Å²) in [5.74, 6) is 0.931. The Morgan fingerprint density at radius 1 is 1.33 bits per heavy atom. The van der Waals surface area contributed by atoms with Crippen molar-refractivity contribution in [3.63, 3.8) is 0 Å². The standard InChI is InChI=1S/C15H24N2O/c1-13(14-6-5-7-15(12-14)18-2)16-8-11-17-9-3-4-10-17/h5-7,12-13,16H,3-4,8-11H2,1-2H3. The van der Waals surface area contributed by atoms with Crippen molar-refractivity contribution in [2.45, 2.75) is 25.8 Å². The zero-order valence-electron chi connectivity index (χ0n) is 11.5. The van der Waals surface area contributed by atoms with Gasteiger partial charge in [-0.05, 0) is 50.6 Å². The molecule has 1 atom stereocenters. The monoisotopic (exact) mass is 248 g/mol. The molecule has 0 aromatic heterocycles. The maximum atomic E-state index is 5.25. The van der Waals surface area contributed by atoms with E-state index in [1.807, 2.05) is 12.1 Å². The van der Waals surface area contributed by atoms with Crippen LogP contribution in [-0.4, -0.2) is 38.2 Å². The van der Waals surface area contributed by atoms with Gasteiger partial charge in [0.05, 0.1) is 7.11 Å².